The van der Waals surface area contributed by atoms with Gasteiger partial charge in [-0.3, -0.25) is 5.10 Å². The molecule has 2 rings (SSSR count). The van der Waals surface area contributed by atoms with Crippen molar-refractivity contribution in [1.29, 1.82) is 0 Å². The molecule has 1 saturated carbocycles. The van der Waals surface area contributed by atoms with Crippen molar-refractivity contribution in [3.63, 3.8) is 0 Å². The Balaban J connectivity index is 1.81. The first-order valence-electron chi connectivity index (χ1n) is 6.23. The molecule has 2 atom stereocenters. The molecule has 1 aliphatic carbocycles. The number of H-pyrrole nitrogens is 1. The maximum atomic E-state index is 3.97. The molecular weight excluding hydrogens is 218 g/mol. The van der Waals surface area contributed by atoms with Crippen LogP contribution >= 0.6 is 11.8 Å². The van der Waals surface area contributed by atoms with Gasteiger partial charge < -0.3 is 5.32 Å². The maximum absolute atomic E-state index is 3.97. The van der Waals surface area contributed by atoms with Crippen LogP contribution in [-0.2, 0) is 6.54 Å². The van der Waals surface area contributed by atoms with E-state index in [1.165, 1.54) is 37.1 Å². The van der Waals surface area contributed by atoms with Crippen LogP contribution < -0.4 is 5.32 Å². The molecule has 0 saturated heterocycles. The van der Waals surface area contributed by atoms with Crippen LogP contribution in [0, 0.1) is 0 Å². The van der Waals surface area contributed by atoms with Crippen LogP contribution in [0.1, 0.15) is 38.3 Å². The maximum Gasteiger partial charge on any atom is 0.0490 e. The van der Waals surface area contributed by atoms with Crippen LogP contribution in [0.4, 0.5) is 0 Å². The summed E-state index contributed by atoms with van der Waals surface area (Å²) in [4.78, 5) is 0. The lowest BCUT2D eigenvalue weighted by Crippen LogP contribution is -2.40. The molecule has 4 heteroatoms. The summed E-state index contributed by atoms with van der Waals surface area (Å²) in [6.45, 7) is 3.18. The zero-order valence-corrected chi connectivity index (χ0v) is 10.7. The van der Waals surface area contributed by atoms with Crippen LogP contribution in [-0.4, -0.2) is 27.2 Å². The fourth-order valence-corrected chi connectivity index (χ4v) is 3.59. The third-order valence-corrected chi connectivity index (χ3v) is 4.52. The number of aromatic nitrogens is 2. The summed E-state index contributed by atoms with van der Waals surface area (Å²) >= 11 is 2.11. The summed E-state index contributed by atoms with van der Waals surface area (Å²) in [5.74, 6) is 1.23. The Morgan fingerprint density at radius 1 is 1.50 bits per heavy atom. The van der Waals surface area contributed by atoms with Crippen LogP contribution in [0.3, 0.4) is 0 Å². The van der Waals surface area contributed by atoms with E-state index in [1.54, 1.807) is 0 Å². The summed E-state index contributed by atoms with van der Waals surface area (Å²) in [6.07, 6.45) is 7.29. The van der Waals surface area contributed by atoms with E-state index < -0.39 is 0 Å². The van der Waals surface area contributed by atoms with Gasteiger partial charge in [-0.25, -0.2) is 0 Å². The molecule has 0 aromatic carbocycles. The average Bonchev–Trinajstić information content (AvgIpc) is 2.81. The van der Waals surface area contributed by atoms with E-state index in [0.717, 1.165) is 11.8 Å². The van der Waals surface area contributed by atoms with Crippen molar-refractivity contribution in [2.75, 3.05) is 5.75 Å². The predicted molar refractivity (Wildman–Crippen MR) is 69.6 cm³/mol. The second kappa shape index (κ2) is 6.30. The molecule has 16 heavy (non-hydrogen) atoms. The molecule has 2 N–H and O–H groups in total. The highest BCUT2D eigenvalue weighted by atomic mass is 32.2. The first-order chi connectivity index (χ1) is 7.90. The van der Waals surface area contributed by atoms with Gasteiger partial charge in [-0.15, -0.1) is 0 Å². The summed E-state index contributed by atoms with van der Waals surface area (Å²) in [5.41, 5.74) is 1.19. The quantitative estimate of drug-likeness (QED) is 0.829. The number of hydrogen-bond donors (Lipinski definition) is 2. The fraction of sp³-hybridized carbons (Fsp3) is 0.750. The third kappa shape index (κ3) is 3.25. The molecule has 3 nitrogen and oxygen atoms in total. The first-order valence-corrected chi connectivity index (χ1v) is 7.28. The van der Waals surface area contributed by atoms with E-state index in [4.69, 9.17) is 0 Å². The van der Waals surface area contributed by atoms with Crippen molar-refractivity contribution in [2.24, 2.45) is 0 Å². The molecule has 0 bridgehead atoms. The Morgan fingerprint density at radius 3 is 3.12 bits per heavy atom. The smallest absolute Gasteiger partial charge is 0.0490 e. The zero-order valence-electron chi connectivity index (χ0n) is 9.91. The summed E-state index contributed by atoms with van der Waals surface area (Å²) in [7, 11) is 0. The van der Waals surface area contributed by atoms with Crippen molar-refractivity contribution in [3.8, 4) is 0 Å². The minimum atomic E-state index is 0.682. The molecule has 1 fully saturated rings. The molecule has 0 spiro atoms. The van der Waals surface area contributed by atoms with Gasteiger partial charge in [0.25, 0.3) is 0 Å². The normalized spacial score (nSPS) is 25.8. The Bertz CT molecular complexity index is 284. The highest BCUT2D eigenvalue weighted by Crippen LogP contribution is 2.28. The van der Waals surface area contributed by atoms with Gasteiger partial charge >= 0.3 is 0 Å². The predicted octanol–water partition coefficient (Wildman–Crippen LogP) is 2.56. The largest absolute Gasteiger partial charge is 0.307 e. The monoisotopic (exact) mass is 239 g/mol. The van der Waals surface area contributed by atoms with Crippen LogP contribution in [0.15, 0.2) is 12.3 Å². The molecular formula is C12H21N3S. The van der Waals surface area contributed by atoms with Crippen molar-refractivity contribution >= 4 is 11.8 Å². The van der Waals surface area contributed by atoms with E-state index in [0.29, 0.717) is 6.04 Å². The van der Waals surface area contributed by atoms with E-state index in [9.17, 15) is 0 Å². The second-order valence-electron chi connectivity index (χ2n) is 4.35. The van der Waals surface area contributed by atoms with Crippen molar-refractivity contribution in [3.05, 3.63) is 18.0 Å². The lowest BCUT2D eigenvalue weighted by atomic mass is 9.95. The van der Waals surface area contributed by atoms with E-state index in [2.05, 4.69) is 34.2 Å². The Morgan fingerprint density at radius 2 is 2.38 bits per heavy atom. The Hall–Kier alpha value is -0.480. The standard InChI is InChI=1S/C12H21N3S/c1-2-16-12-6-4-3-5-11(12)13-9-10-7-8-14-15-10/h7-8,11-13H,2-6,9H2,1H3,(H,14,15). The molecule has 1 heterocycles. The van der Waals surface area contributed by atoms with Crippen LogP contribution in [0.25, 0.3) is 0 Å². The fourth-order valence-electron chi connectivity index (χ4n) is 2.37. The first kappa shape index (κ1) is 12.0. The van der Waals surface area contributed by atoms with Gasteiger partial charge in [0.15, 0.2) is 0 Å². The van der Waals surface area contributed by atoms with Crippen LogP contribution in [0.2, 0.25) is 0 Å². The van der Waals surface area contributed by atoms with Gasteiger partial charge in [0.1, 0.15) is 0 Å². The summed E-state index contributed by atoms with van der Waals surface area (Å²) < 4.78 is 0. The molecule has 0 radical (unpaired) electrons. The van der Waals surface area contributed by atoms with Gasteiger partial charge in [0.2, 0.25) is 0 Å². The minimum Gasteiger partial charge on any atom is -0.307 e. The minimum absolute atomic E-state index is 0.682. The SMILES string of the molecule is CCSC1CCCCC1NCc1ccn[nH]1. The summed E-state index contributed by atoms with van der Waals surface area (Å²) in [6, 6.07) is 2.72. The Labute approximate surface area is 102 Å². The molecule has 2 unspecified atom stereocenters. The van der Waals surface area contributed by atoms with Gasteiger partial charge in [0, 0.05) is 29.7 Å². The second-order valence-corrected chi connectivity index (χ2v) is 5.86. The molecule has 1 aliphatic rings. The van der Waals surface area contributed by atoms with E-state index >= 15 is 0 Å². The third-order valence-electron chi connectivity index (χ3n) is 3.20. The van der Waals surface area contributed by atoms with Crippen molar-refractivity contribution in [1.82, 2.24) is 15.5 Å². The topological polar surface area (TPSA) is 40.7 Å². The lowest BCUT2D eigenvalue weighted by Gasteiger charge is -2.31. The number of nitrogens with one attached hydrogen (secondary N) is 2. The number of thioether (sulfide) groups is 1. The number of hydrogen-bond acceptors (Lipinski definition) is 3. The number of aromatic amines is 1. The van der Waals surface area contributed by atoms with Gasteiger partial charge in [0.05, 0.1) is 0 Å². The number of nitrogens with zero attached hydrogens (tertiary/aromatic N) is 1. The summed E-state index contributed by atoms with van der Waals surface area (Å²) in [5, 5.41) is 11.4. The highest BCUT2D eigenvalue weighted by Gasteiger charge is 2.24. The van der Waals surface area contributed by atoms with E-state index in [-0.39, 0.29) is 0 Å². The van der Waals surface area contributed by atoms with Crippen molar-refractivity contribution < 1.29 is 0 Å². The molecule has 1 aromatic heterocycles. The Kier molecular flexibility index (Phi) is 4.72. The molecule has 0 aliphatic heterocycles. The van der Waals surface area contributed by atoms with Gasteiger partial charge in [-0.1, -0.05) is 19.8 Å². The lowest BCUT2D eigenvalue weighted by molar-refractivity contribution is 0.381. The van der Waals surface area contributed by atoms with Gasteiger partial charge in [-0.2, -0.15) is 16.9 Å². The number of rotatable bonds is 5. The van der Waals surface area contributed by atoms with Gasteiger partial charge in [-0.05, 0) is 24.7 Å². The highest BCUT2D eigenvalue weighted by molar-refractivity contribution is 7.99. The van der Waals surface area contributed by atoms with Crippen molar-refractivity contribution in [2.45, 2.75) is 50.4 Å². The molecule has 0 amide bonds. The average molecular weight is 239 g/mol. The van der Waals surface area contributed by atoms with Crippen LogP contribution in [0.5, 0.6) is 0 Å². The zero-order chi connectivity index (χ0) is 11.2. The molecule has 1 aromatic rings. The van der Waals surface area contributed by atoms with E-state index in [1.807, 2.05) is 12.3 Å². The molecule has 90 valence electrons.